The standard InChI is InChI=1S/C12H15N3O4/c1-2-19-12(18)14-15(11(17)13-8-9-16)10-6-4-3-5-7-10/h3-7,9H,2,8H2,1H3,(H,13,17)(H,14,18). The maximum atomic E-state index is 11.8. The highest BCUT2D eigenvalue weighted by Crippen LogP contribution is 2.11. The van der Waals surface area contributed by atoms with Crippen molar-refractivity contribution in [2.75, 3.05) is 18.2 Å². The largest absolute Gasteiger partial charge is 0.449 e. The number of carbonyl (C=O) groups excluding carboxylic acids is 3. The summed E-state index contributed by atoms with van der Waals surface area (Å²) >= 11 is 0. The summed E-state index contributed by atoms with van der Waals surface area (Å²) in [6.07, 6.45) is -0.210. The van der Waals surface area contributed by atoms with E-state index in [0.717, 1.165) is 5.01 Å². The Morgan fingerprint density at radius 1 is 1.32 bits per heavy atom. The Balaban J connectivity index is 2.81. The molecule has 1 rings (SSSR count). The summed E-state index contributed by atoms with van der Waals surface area (Å²) in [4.78, 5) is 33.5. The van der Waals surface area contributed by atoms with Crippen LogP contribution >= 0.6 is 0 Å². The van der Waals surface area contributed by atoms with Crippen LogP contribution in [0.1, 0.15) is 6.92 Å². The Labute approximate surface area is 110 Å². The van der Waals surface area contributed by atoms with Gasteiger partial charge in [0.2, 0.25) is 0 Å². The normalized spacial score (nSPS) is 9.32. The first kappa shape index (κ1) is 14.5. The molecule has 102 valence electrons. The molecule has 1 aromatic rings. The van der Waals surface area contributed by atoms with Gasteiger partial charge in [-0.05, 0) is 19.1 Å². The molecule has 3 amide bonds. The number of urea groups is 1. The number of carbonyl (C=O) groups is 3. The first-order valence-corrected chi connectivity index (χ1v) is 5.69. The molecule has 0 bridgehead atoms. The molecule has 0 unspecified atom stereocenters. The van der Waals surface area contributed by atoms with Gasteiger partial charge in [0.25, 0.3) is 0 Å². The number of aldehydes is 1. The Bertz CT molecular complexity index is 436. The van der Waals surface area contributed by atoms with E-state index in [9.17, 15) is 14.4 Å². The maximum Gasteiger partial charge on any atom is 0.426 e. The van der Waals surface area contributed by atoms with Gasteiger partial charge in [0.05, 0.1) is 18.8 Å². The number of hydrogen-bond donors (Lipinski definition) is 2. The second kappa shape index (κ2) is 7.70. The molecular weight excluding hydrogens is 250 g/mol. The van der Waals surface area contributed by atoms with Crippen molar-refractivity contribution in [3.8, 4) is 0 Å². The molecule has 0 aliphatic heterocycles. The van der Waals surface area contributed by atoms with Crippen LogP contribution in [-0.2, 0) is 9.53 Å². The van der Waals surface area contributed by atoms with Crippen LogP contribution in [0.25, 0.3) is 0 Å². The van der Waals surface area contributed by atoms with Crippen molar-refractivity contribution < 1.29 is 19.1 Å². The molecule has 0 fully saturated rings. The van der Waals surface area contributed by atoms with Gasteiger partial charge in [0.15, 0.2) is 0 Å². The van der Waals surface area contributed by atoms with Crippen molar-refractivity contribution in [1.82, 2.24) is 10.7 Å². The fourth-order valence-electron chi connectivity index (χ4n) is 1.27. The van der Waals surface area contributed by atoms with Gasteiger partial charge in [0, 0.05) is 0 Å². The summed E-state index contributed by atoms with van der Waals surface area (Å²) in [6, 6.07) is 7.82. The lowest BCUT2D eigenvalue weighted by Gasteiger charge is -2.22. The molecule has 0 spiro atoms. The van der Waals surface area contributed by atoms with Crippen molar-refractivity contribution in [1.29, 1.82) is 0 Å². The molecule has 0 aromatic heterocycles. The number of benzene rings is 1. The number of nitrogens with one attached hydrogen (secondary N) is 2. The van der Waals surface area contributed by atoms with Crippen LogP contribution in [0.4, 0.5) is 15.3 Å². The van der Waals surface area contributed by atoms with E-state index in [-0.39, 0.29) is 13.2 Å². The number of anilines is 1. The molecule has 0 saturated carbocycles. The van der Waals surface area contributed by atoms with Crippen LogP contribution in [-0.4, -0.2) is 31.6 Å². The SMILES string of the molecule is CCOC(=O)NN(C(=O)NCC=O)c1ccccc1. The van der Waals surface area contributed by atoms with E-state index in [1.807, 2.05) is 0 Å². The third-order valence-corrected chi connectivity index (χ3v) is 2.03. The fourth-order valence-corrected chi connectivity index (χ4v) is 1.27. The fraction of sp³-hybridized carbons (Fsp3) is 0.250. The van der Waals surface area contributed by atoms with Crippen LogP contribution in [0, 0.1) is 0 Å². The van der Waals surface area contributed by atoms with Crippen molar-refractivity contribution in [2.45, 2.75) is 6.92 Å². The highest BCUT2D eigenvalue weighted by Gasteiger charge is 2.18. The summed E-state index contributed by atoms with van der Waals surface area (Å²) < 4.78 is 4.71. The molecule has 0 saturated heterocycles. The minimum atomic E-state index is -0.757. The van der Waals surface area contributed by atoms with E-state index in [1.54, 1.807) is 37.3 Å². The van der Waals surface area contributed by atoms with Crippen molar-refractivity contribution >= 4 is 24.1 Å². The molecule has 0 aliphatic carbocycles. The number of nitrogens with zero attached hydrogens (tertiary/aromatic N) is 1. The summed E-state index contributed by atoms with van der Waals surface area (Å²) in [6.45, 7) is 1.69. The minimum absolute atomic E-state index is 0.146. The molecule has 7 nitrogen and oxygen atoms in total. The van der Waals surface area contributed by atoms with E-state index in [1.165, 1.54) is 0 Å². The second-order valence-corrected chi connectivity index (χ2v) is 3.36. The molecule has 2 N–H and O–H groups in total. The Morgan fingerprint density at radius 3 is 2.58 bits per heavy atom. The zero-order valence-electron chi connectivity index (χ0n) is 10.5. The number of amides is 3. The molecule has 0 atom stereocenters. The van der Waals surface area contributed by atoms with E-state index in [0.29, 0.717) is 12.0 Å². The average Bonchev–Trinajstić information content (AvgIpc) is 2.43. The van der Waals surface area contributed by atoms with Crippen LogP contribution in [0.5, 0.6) is 0 Å². The van der Waals surface area contributed by atoms with Crippen molar-refractivity contribution in [3.05, 3.63) is 30.3 Å². The zero-order valence-corrected chi connectivity index (χ0v) is 10.5. The van der Waals surface area contributed by atoms with Gasteiger partial charge in [-0.1, -0.05) is 18.2 Å². The Hall–Kier alpha value is -2.57. The number of rotatable bonds is 4. The van der Waals surface area contributed by atoms with E-state index < -0.39 is 12.1 Å². The monoisotopic (exact) mass is 265 g/mol. The molecule has 0 heterocycles. The first-order chi connectivity index (χ1) is 9.19. The number of hydrogen-bond acceptors (Lipinski definition) is 4. The van der Waals surface area contributed by atoms with Gasteiger partial charge in [-0.25, -0.2) is 20.0 Å². The van der Waals surface area contributed by atoms with Gasteiger partial charge < -0.3 is 14.8 Å². The lowest BCUT2D eigenvalue weighted by molar-refractivity contribution is -0.107. The first-order valence-electron chi connectivity index (χ1n) is 5.69. The lowest BCUT2D eigenvalue weighted by atomic mass is 10.3. The minimum Gasteiger partial charge on any atom is -0.449 e. The molecule has 0 radical (unpaired) electrons. The number of ether oxygens (including phenoxy) is 1. The van der Waals surface area contributed by atoms with Crippen LogP contribution < -0.4 is 15.8 Å². The second-order valence-electron chi connectivity index (χ2n) is 3.36. The predicted octanol–water partition coefficient (Wildman–Crippen LogP) is 1.06. The Morgan fingerprint density at radius 2 is 2.00 bits per heavy atom. The summed E-state index contributed by atoms with van der Waals surface area (Å²) in [5.74, 6) is 0. The number of hydrazine groups is 1. The topological polar surface area (TPSA) is 87.7 Å². The quantitative estimate of drug-likeness (QED) is 0.629. The third kappa shape index (κ3) is 4.66. The van der Waals surface area contributed by atoms with Gasteiger partial charge in [0.1, 0.15) is 6.29 Å². The van der Waals surface area contributed by atoms with Crippen LogP contribution in [0.3, 0.4) is 0 Å². The van der Waals surface area contributed by atoms with Crippen molar-refractivity contribution in [3.63, 3.8) is 0 Å². The summed E-state index contributed by atoms with van der Waals surface area (Å²) in [5.41, 5.74) is 2.73. The van der Waals surface area contributed by atoms with E-state index in [2.05, 4.69) is 10.7 Å². The molecule has 1 aromatic carbocycles. The molecule has 19 heavy (non-hydrogen) atoms. The smallest absolute Gasteiger partial charge is 0.426 e. The average molecular weight is 265 g/mol. The van der Waals surface area contributed by atoms with Gasteiger partial charge in [-0.15, -0.1) is 0 Å². The molecule has 7 heteroatoms. The van der Waals surface area contributed by atoms with E-state index in [4.69, 9.17) is 4.74 Å². The third-order valence-electron chi connectivity index (χ3n) is 2.03. The van der Waals surface area contributed by atoms with E-state index >= 15 is 0 Å². The lowest BCUT2D eigenvalue weighted by Crippen LogP contribution is -2.51. The summed E-state index contributed by atoms with van der Waals surface area (Å²) in [7, 11) is 0. The predicted molar refractivity (Wildman–Crippen MR) is 68.5 cm³/mol. The molecular formula is C12H15N3O4. The van der Waals surface area contributed by atoms with Crippen LogP contribution in [0.15, 0.2) is 30.3 Å². The van der Waals surface area contributed by atoms with Crippen molar-refractivity contribution in [2.24, 2.45) is 0 Å². The van der Waals surface area contributed by atoms with Gasteiger partial charge in [-0.2, -0.15) is 0 Å². The van der Waals surface area contributed by atoms with Crippen LogP contribution in [0.2, 0.25) is 0 Å². The highest BCUT2D eigenvalue weighted by molar-refractivity contribution is 5.94. The van der Waals surface area contributed by atoms with Gasteiger partial charge in [-0.3, -0.25) is 0 Å². The highest BCUT2D eigenvalue weighted by atomic mass is 16.6. The number of para-hydroxylation sites is 1. The zero-order chi connectivity index (χ0) is 14.1. The Kier molecular flexibility index (Phi) is 5.87. The maximum absolute atomic E-state index is 11.8. The van der Waals surface area contributed by atoms with Gasteiger partial charge >= 0.3 is 12.1 Å². The molecule has 0 aliphatic rings. The summed E-state index contributed by atoms with van der Waals surface area (Å²) in [5, 5.41) is 3.30.